The SMILES string of the molecule is CCC(O)COC(C)(CO)CC1CO1. The first-order chi connectivity index (χ1) is 6.59. The molecular formula is C10H20O4. The number of ether oxygens (including phenoxy) is 2. The molecule has 0 bridgehead atoms. The number of hydrogen-bond acceptors (Lipinski definition) is 4. The molecule has 0 saturated carbocycles. The van der Waals surface area contributed by atoms with Gasteiger partial charge in [-0.05, 0) is 13.3 Å². The molecule has 1 heterocycles. The summed E-state index contributed by atoms with van der Waals surface area (Å²) in [5, 5.41) is 18.5. The van der Waals surface area contributed by atoms with Crippen molar-refractivity contribution < 1.29 is 19.7 Å². The first kappa shape index (κ1) is 11.9. The molecule has 3 atom stereocenters. The highest BCUT2D eigenvalue weighted by Crippen LogP contribution is 2.25. The van der Waals surface area contributed by atoms with Crippen LogP contribution in [0.2, 0.25) is 0 Å². The Morgan fingerprint density at radius 1 is 1.64 bits per heavy atom. The second-order valence-corrected chi connectivity index (χ2v) is 4.14. The maximum Gasteiger partial charge on any atom is 0.0911 e. The fourth-order valence-electron chi connectivity index (χ4n) is 1.25. The van der Waals surface area contributed by atoms with E-state index < -0.39 is 11.7 Å². The van der Waals surface area contributed by atoms with Crippen LogP contribution < -0.4 is 0 Å². The molecule has 0 aliphatic carbocycles. The number of aliphatic hydroxyl groups excluding tert-OH is 2. The van der Waals surface area contributed by atoms with Crippen molar-refractivity contribution in [3.8, 4) is 0 Å². The minimum atomic E-state index is -0.572. The zero-order chi connectivity index (χ0) is 10.6. The van der Waals surface area contributed by atoms with Gasteiger partial charge in [-0.3, -0.25) is 0 Å². The maximum atomic E-state index is 9.33. The molecule has 1 aliphatic rings. The molecule has 0 spiro atoms. The molecular weight excluding hydrogens is 184 g/mol. The van der Waals surface area contributed by atoms with Crippen molar-refractivity contribution in [2.75, 3.05) is 19.8 Å². The molecule has 0 amide bonds. The van der Waals surface area contributed by atoms with Crippen LogP contribution in [0.4, 0.5) is 0 Å². The normalized spacial score (nSPS) is 27.0. The zero-order valence-corrected chi connectivity index (χ0v) is 8.90. The smallest absolute Gasteiger partial charge is 0.0911 e. The first-order valence-electron chi connectivity index (χ1n) is 5.14. The number of rotatable bonds is 7. The predicted molar refractivity (Wildman–Crippen MR) is 52.1 cm³/mol. The predicted octanol–water partition coefficient (Wildman–Crippen LogP) is 0.314. The minimum absolute atomic E-state index is 0.0384. The average Bonchev–Trinajstić information content (AvgIpc) is 2.98. The van der Waals surface area contributed by atoms with Crippen molar-refractivity contribution in [2.45, 2.75) is 44.5 Å². The van der Waals surface area contributed by atoms with E-state index >= 15 is 0 Å². The van der Waals surface area contributed by atoms with Crippen molar-refractivity contribution in [3.05, 3.63) is 0 Å². The first-order valence-corrected chi connectivity index (χ1v) is 5.14. The molecule has 0 aromatic carbocycles. The Labute approximate surface area is 84.8 Å². The lowest BCUT2D eigenvalue weighted by Crippen LogP contribution is -2.37. The Hall–Kier alpha value is -0.160. The summed E-state index contributed by atoms with van der Waals surface area (Å²) >= 11 is 0. The van der Waals surface area contributed by atoms with Gasteiger partial charge in [0.1, 0.15) is 0 Å². The summed E-state index contributed by atoms with van der Waals surface area (Å²) in [6.07, 6.45) is 1.15. The van der Waals surface area contributed by atoms with Gasteiger partial charge in [-0.1, -0.05) is 6.92 Å². The third kappa shape index (κ3) is 3.92. The van der Waals surface area contributed by atoms with Crippen LogP contribution in [-0.2, 0) is 9.47 Å². The standard InChI is InChI=1S/C10H20O4/c1-3-8(12)5-14-10(2,7-11)4-9-6-13-9/h8-9,11-12H,3-7H2,1-2H3. The third-order valence-corrected chi connectivity index (χ3v) is 2.49. The zero-order valence-electron chi connectivity index (χ0n) is 8.90. The van der Waals surface area contributed by atoms with E-state index in [0.29, 0.717) is 12.8 Å². The maximum absolute atomic E-state index is 9.33. The topological polar surface area (TPSA) is 62.2 Å². The number of hydrogen-bond donors (Lipinski definition) is 2. The molecule has 2 N–H and O–H groups in total. The monoisotopic (exact) mass is 204 g/mol. The van der Waals surface area contributed by atoms with Crippen LogP contribution in [0.1, 0.15) is 26.7 Å². The van der Waals surface area contributed by atoms with E-state index in [1.165, 1.54) is 0 Å². The number of aliphatic hydroxyl groups is 2. The van der Waals surface area contributed by atoms with Gasteiger partial charge < -0.3 is 19.7 Å². The average molecular weight is 204 g/mol. The molecule has 1 rings (SSSR count). The van der Waals surface area contributed by atoms with E-state index in [4.69, 9.17) is 9.47 Å². The van der Waals surface area contributed by atoms with Gasteiger partial charge in [-0.2, -0.15) is 0 Å². The van der Waals surface area contributed by atoms with Crippen LogP contribution in [0.25, 0.3) is 0 Å². The molecule has 14 heavy (non-hydrogen) atoms. The Kier molecular flexibility index (Phi) is 4.31. The van der Waals surface area contributed by atoms with Crippen LogP contribution in [0, 0.1) is 0 Å². The van der Waals surface area contributed by atoms with E-state index in [9.17, 15) is 10.2 Å². The van der Waals surface area contributed by atoms with Gasteiger partial charge in [0.25, 0.3) is 0 Å². The van der Waals surface area contributed by atoms with Gasteiger partial charge >= 0.3 is 0 Å². The van der Waals surface area contributed by atoms with Gasteiger partial charge in [-0.25, -0.2) is 0 Å². The summed E-state index contributed by atoms with van der Waals surface area (Å²) in [5.74, 6) is 0. The Morgan fingerprint density at radius 2 is 2.29 bits per heavy atom. The van der Waals surface area contributed by atoms with Gasteiger partial charge in [0.15, 0.2) is 0 Å². The van der Waals surface area contributed by atoms with Crippen LogP contribution in [0.15, 0.2) is 0 Å². The molecule has 4 nitrogen and oxygen atoms in total. The highest BCUT2D eigenvalue weighted by Gasteiger charge is 2.35. The fraction of sp³-hybridized carbons (Fsp3) is 1.00. The van der Waals surface area contributed by atoms with Crippen LogP contribution in [-0.4, -0.2) is 47.8 Å². The van der Waals surface area contributed by atoms with Gasteiger partial charge in [0, 0.05) is 6.42 Å². The summed E-state index contributed by atoms with van der Waals surface area (Å²) in [7, 11) is 0. The van der Waals surface area contributed by atoms with Crippen molar-refractivity contribution >= 4 is 0 Å². The van der Waals surface area contributed by atoms with Crippen molar-refractivity contribution in [1.82, 2.24) is 0 Å². The van der Waals surface area contributed by atoms with Crippen LogP contribution >= 0.6 is 0 Å². The second kappa shape index (κ2) is 5.07. The Morgan fingerprint density at radius 3 is 2.71 bits per heavy atom. The number of epoxide rings is 1. The fourth-order valence-corrected chi connectivity index (χ4v) is 1.25. The lowest BCUT2D eigenvalue weighted by molar-refractivity contribution is -0.102. The third-order valence-electron chi connectivity index (χ3n) is 2.49. The Bertz CT molecular complexity index is 170. The highest BCUT2D eigenvalue weighted by molar-refractivity contribution is 4.84. The van der Waals surface area contributed by atoms with E-state index in [0.717, 1.165) is 6.61 Å². The van der Waals surface area contributed by atoms with Crippen LogP contribution in [0.3, 0.4) is 0 Å². The van der Waals surface area contributed by atoms with Crippen LogP contribution in [0.5, 0.6) is 0 Å². The summed E-state index contributed by atoms with van der Waals surface area (Å²) in [5.41, 5.74) is -0.572. The molecule has 3 unspecified atom stereocenters. The molecule has 1 fully saturated rings. The van der Waals surface area contributed by atoms with E-state index in [-0.39, 0.29) is 19.3 Å². The molecule has 0 aromatic heterocycles. The summed E-state index contributed by atoms with van der Waals surface area (Å²) in [6.45, 7) is 4.74. The molecule has 1 aliphatic heterocycles. The van der Waals surface area contributed by atoms with Gasteiger partial charge in [0.05, 0.1) is 37.6 Å². The molecule has 4 heteroatoms. The summed E-state index contributed by atoms with van der Waals surface area (Å²) < 4.78 is 10.6. The molecule has 84 valence electrons. The largest absolute Gasteiger partial charge is 0.393 e. The summed E-state index contributed by atoms with van der Waals surface area (Å²) in [4.78, 5) is 0. The minimum Gasteiger partial charge on any atom is -0.393 e. The van der Waals surface area contributed by atoms with Gasteiger partial charge in [-0.15, -0.1) is 0 Å². The van der Waals surface area contributed by atoms with Gasteiger partial charge in [0.2, 0.25) is 0 Å². The Balaban J connectivity index is 2.27. The molecule has 0 radical (unpaired) electrons. The van der Waals surface area contributed by atoms with E-state index in [2.05, 4.69) is 0 Å². The summed E-state index contributed by atoms with van der Waals surface area (Å²) in [6, 6.07) is 0. The lowest BCUT2D eigenvalue weighted by atomic mass is 10.0. The molecule has 1 saturated heterocycles. The molecule has 0 aromatic rings. The quantitative estimate of drug-likeness (QED) is 0.586. The van der Waals surface area contributed by atoms with Crippen molar-refractivity contribution in [2.24, 2.45) is 0 Å². The highest BCUT2D eigenvalue weighted by atomic mass is 16.6. The van der Waals surface area contributed by atoms with E-state index in [1.54, 1.807) is 0 Å². The van der Waals surface area contributed by atoms with Crippen molar-refractivity contribution in [1.29, 1.82) is 0 Å². The van der Waals surface area contributed by atoms with E-state index in [1.807, 2.05) is 13.8 Å². The lowest BCUT2D eigenvalue weighted by Gasteiger charge is -2.28. The van der Waals surface area contributed by atoms with Crippen molar-refractivity contribution in [3.63, 3.8) is 0 Å². The second-order valence-electron chi connectivity index (χ2n) is 4.14.